The maximum Gasteiger partial charge on any atom is 0.306 e. The average Bonchev–Trinajstić information content (AvgIpc) is 3.24. The minimum Gasteiger partial charge on any atom is -0.544 e. The molecule has 2 unspecified atom stereocenters. The summed E-state index contributed by atoms with van der Waals surface area (Å²) in [5.41, 5.74) is 0. The van der Waals surface area contributed by atoms with Gasteiger partial charge in [0.15, 0.2) is 6.10 Å². The molecule has 0 aliphatic rings. The molecule has 348 valence electrons. The topological polar surface area (TPSA) is 102 Å². The third-order valence-corrected chi connectivity index (χ3v) is 9.10. The number of carbonyl (C=O) groups is 3. The van der Waals surface area contributed by atoms with E-state index in [4.69, 9.17) is 14.2 Å². The molecule has 0 bridgehead atoms. The van der Waals surface area contributed by atoms with Gasteiger partial charge in [-0.3, -0.25) is 9.59 Å². The molecule has 0 aliphatic carbocycles. The van der Waals surface area contributed by atoms with Crippen LogP contribution in [0.25, 0.3) is 0 Å². The molecule has 0 aliphatic heterocycles. The van der Waals surface area contributed by atoms with Gasteiger partial charge in [-0.15, -0.1) is 0 Å². The van der Waals surface area contributed by atoms with Crippen LogP contribution in [0.1, 0.15) is 117 Å². The van der Waals surface area contributed by atoms with Crippen LogP contribution in [0, 0.1) is 0 Å². The van der Waals surface area contributed by atoms with Crippen molar-refractivity contribution in [1.82, 2.24) is 0 Å². The van der Waals surface area contributed by atoms with E-state index in [1.807, 2.05) is 72.9 Å². The molecule has 0 amide bonds. The molecule has 2 atom stereocenters. The molecule has 0 radical (unpaired) electrons. The van der Waals surface area contributed by atoms with E-state index in [1.54, 1.807) is 21.1 Å². The van der Waals surface area contributed by atoms with Crippen LogP contribution in [0.4, 0.5) is 0 Å². The second-order valence-corrected chi connectivity index (χ2v) is 15.7. The first-order valence-electron chi connectivity index (χ1n) is 23.1. The number of esters is 2. The third-order valence-electron chi connectivity index (χ3n) is 9.10. The fourth-order valence-corrected chi connectivity index (χ4v) is 5.59. The van der Waals surface area contributed by atoms with Crippen molar-refractivity contribution in [1.29, 1.82) is 0 Å². The minimum absolute atomic E-state index is 0.0110. The molecule has 8 heteroatoms. The summed E-state index contributed by atoms with van der Waals surface area (Å²) in [6.07, 6.45) is 65.6. The number of nitrogens with zero attached hydrogens (tertiary/aromatic N) is 1. The van der Waals surface area contributed by atoms with Gasteiger partial charge in [0.25, 0.3) is 0 Å². The molecular formula is C55H81NO7. The molecule has 0 saturated heterocycles. The molecule has 8 nitrogen and oxygen atoms in total. The summed E-state index contributed by atoms with van der Waals surface area (Å²) in [6.45, 7) is 4.25. The maximum atomic E-state index is 12.7. The van der Waals surface area contributed by atoms with Gasteiger partial charge in [-0.1, -0.05) is 178 Å². The van der Waals surface area contributed by atoms with Crippen LogP contribution in [0.5, 0.6) is 0 Å². The number of carboxylic acid groups (broad SMARTS) is 1. The monoisotopic (exact) mass is 868 g/mol. The van der Waals surface area contributed by atoms with Gasteiger partial charge in [0.05, 0.1) is 40.3 Å². The lowest BCUT2D eigenvalue weighted by atomic mass is 10.1. The van der Waals surface area contributed by atoms with Crippen molar-refractivity contribution in [3.8, 4) is 0 Å². The number of hydrogen-bond acceptors (Lipinski definition) is 7. The first-order valence-corrected chi connectivity index (χ1v) is 23.1. The number of rotatable bonds is 38. The Morgan fingerprint density at radius 2 is 0.937 bits per heavy atom. The highest BCUT2D eigenvalue weighted by atomic mass is 16.6. The van der Waals surface area contributed by atoms with Crippen LogP contribution in [-0.4, -0.2) is 75.5 Å². The fraction of sp³-hybridized carbons (Fsp3) is 0.473. The van der Waals surface area contributed by atoms with E-state index in [-0.39, 0.29) is 49.5 Å². The lowest BCUT2D eigenvalue weighted by molar-refractivity contribution is -0.889. The fourth-order valence-electron chi connectivity index (χ4n) is 5.59. The first kappa shape index (κ1) is 58.0. The highest BCUT2D eigenvalue weighted by molar-refractivity contribution is 5.70. The number of quaternary nitrogens is 1. The second kappa shape index (κ2) is 43.6. The molecule has 0 spiro atoms. The van der Waals surface area contributed by atoms with Gasteiger partial charge in [-0.2, -0.15) is 0 Å². The second-order valence-electron chi connectivity index (χ2n) is 15.7. The Morgan fingerprint density at radius 3 is 1.43 bits per heavy atom. The number of hydrogen-bond donors (Lipinski definition) is 0. The quantitative estimate of drug-likeness (QED) is 0.0200. The highest BCUT2D eigenvalue weighted by Gasteiger charge is 2.25. The molecule has 0 fully saturated rings. The van der Waals surface area contributed by atoms with Gasteiger partial charge < -0.3 is 28.6 Å². The molecular weight excluding hydrogens is 787 g/mol. The van der Waals surface area contributed by atoms with Gasteiger partial charge in [0.2, 0.25) is 0 Å². The van der Waals surface area contributed by atoms with Crippen molar-refractivity contribution in [2.24, 2.45) is 0 Å². The van der Waals surface area contributed by atoms with E-state index in [1.165, 1.54) is 0 Å². The van der Waals surface area contributed by atoms with Crippen LogP contribution >= 0.6 is 0 Å². The number of carboxylic acids is 1. The Kier molecular flexibility index (Phi) is 40.1. The minimum atomic E-state index is -1.15. The van der Waals surface area contributed by atoms with Gasteiger partial charge in [0, 0.05) is 19.3 Å². The predicted octanol–water partition coefficient (Wildman–Crippen LogP) is 11.8. The van der Waals surface area contributed by atoms with Crippen molar-refractivity contribution in [2.45, 2.75) is 129 Å². The molecule has 0 aromatic rings. The Bertz CT molecular complexity index is 1570. The summed E-state index contributed by atoms with van der Waals surface area (Å²) in [5, 5.41) is 11.6. The summed E-state index contributed by atoms with van der Waals surface area (Å²) < 4.78 is 17.1. The summed E-state index contributed by atoms with van der Waals surface area (Å²) in [5.74, 6) is -1.90. The molecule has 0 aromatic heterocycles. The molecule has 0 N–H and O–H groups in total. The molecule has 0 heterocycles. The summed E-state index contributed by atoms with van der Waals surface area (Å²) in [4.78, 5) is 36.9. The van der Waals surface area contributed by atoms with E-state index >= 15 is 0 Å². The van der Waals surface area contributed by atoms with Crippen molar-refractivity contribution < 1.29 is 38.2 Å². The number of ether oxygens (including phenoxy) is 3. The number of allylic oxidation sites excluding steroid dienone is 26. The van der Waals surface area contributed by atoms with E-state index in [9.17, 15) is 19.5 Å². The van der Waals surface area contributed by atoms with E-state index in [0.29, 0.717) is 12.8 Å². The van der Waals surface area contributed by atoms with Gasteiger partial charge in [-0.25, -0.2) is 0 Å². The predicted molar refractivity (Wildman–Crippen MR) is 263 cm³/mol. The number of likely N-dealkylation sites (N-methyl/N-ethyl adjacent to an activating group) is 1. The SMILES string of the molecule is CC/C=C/C=C/C=C/C=C/C=C/C=C/C=C/CCCCCC(=O)OCC(COCCC(C(=O)[O-])[N+](C)(C)C)OC(=O)CCC/C=C/C/C=C/C/C=C/C/C=C/C/C=C/C/C=C/CC. The summed E-state index contributed by atoms with van der Waals surface area (Å²) in [7, 11) is 5.35. The Balaban J connectivity index is 4.58. The van der Waals surface area contributed by atoms with Crippen LogP contribution in [0.15, 0.2) is 158 Å². The zero-order valence-electron chi connectivity index (χ0n) is 39.4. The first-order chi connectivity index (χ1) is 30.6. The lowest BCUT2D eigenvalue weighted by Gasteiger charge is -2.34. The van der Waals surface area contributed by atoms with Crippen molar-refractivity contribution in [3.63, 3.8) is 0 Å². The van der Waals surface area contributed by atoms with Gasteiger partial charge in [0.1, 0.15) is 12.6 Å². The van der Waals surface area contributed by atoms with Crippen molar-refractivity contribution >= 4 is 17.9 Å². The standard InChI is InChI=1S/C55H81NO7/c1-6-8-10-12-14-16-18-20-22-24-26-28-30-32-34-36-38-40-42-44-46-54(58)63-51(49-61-48-47-52(55(59)60)56(3,4)5)50-62-53(57)45-43-41-39-37-35-33-31-29-27-25-23-21-19-17-15-13-11-9-7-2/h8-11,13-17,19-23,25-29,31-35,38,40,51-52H,6-7,12,18,24,30,36-37,39,41-50H2,1-5H3/b10-8+,11-9+,15-13+,16-14+,19-17+,22-20+,23-21+,27-25+,28-26+,31-29+,34-32+,35-33+,40-38+. The molecule has 63 heavy (non-hydrogen) atoms. The maximum absolute atomic E-state index is 12.7. The molecule has 0 saturated carbocycles. The van der Waals surface area contributed by atoms with Gasteiger partial charge >= 0.3 is 11.9 Å². The van der Waals surface area contributed by atoms with Crippen LogP contribution in [-0.2, 0) is 28.6 Å². The molecule has 0 rings (SSSR count). The summed E-state index contributed by atoms with van der Waals surface area (Å²) >= 11 is 0. The van der Waals surface area contributed by atoms with Crippen LogP contribution in [0.2, 0.25) is 0 Å². The molecule has 0 aromatic carbocycles. The lowest BCUT2D eigenvalue weighted by Crippen LogP contribution is -2.55. The Hall–Kier alpha value is -5.05. The zero-order valence-corrected chi connectivity index (χ0v) is 39.4. The zero-order chi connectivity index (χ0) is 46.3. The van der Waals surface area contributed by atoms with E-state index in [0.717, 1.165) is 70.6 Å². The van der Waals surface area contributed by atoms with Crippen molar-refractivity contribution in [3.05, 3.63) is 158 Å². The number of unbranched alkanes of at least 4 members (excludes halogenated alkanes) is 4. The number of aliphatic carboxylic acids is 1. The van der Waals surface area contributed by atoms with Crippen molar-refractivity contribution in [2.75, 3.05) is 41.0 Å². The van der Waals surface area contributed by atoms with Crippen LogP contribution in [0.3, 0.4) is 0 Å². The normalized spacial score (nSPS) is 14.4. The largest absolute Gasteiger partial charge is 0.544 e. The average molecular weight is 868 g/mol. The van der Waals surface area contributed by atoms with E-state index in [2.05, 4.69) is 98.9 Å². The Labute approximate surface area is 382 Å². The van der Waals surface area contributed by atoms with Crippen LogP contribution < -0.4 is 5.11 Å². The Morgan fingerprint density at radius 1 is 0.492 bits per heavy atom. The van der Waals surface area contributed by atoms with E-state index < -0.39 is 24.1 Å². The summed E-state index contributed by atoms with van der Waals surface area (Å²) in [6, 6.07) is -0.756. The third kappa shape index (κ3) is 42.0. The highest BCUT2D eigenvalue weighted by Crippen LogP contribution is 2.10. The van der Waals surface area contributed by atoms with Gasteiger partial charge in [-0.05, 0) is 77.0 Å². The number of carbonyl (C=O) groups excluding carboxylic acids is 3. The smallest absolute Gasteiger partial charge is 0.306 e.